The van der Waals surface area contributed by atoms with E-state index >= 15 is 0 Å². The van der Waals surface area contributed by atoms with Crippen molar-refractivity contribution in [1.29, 1.82) is 0 Å². The van der Waals surface area contributed by atoms with Gasteiger partial charge in [0, 0.05) is 0 Å². The summed E-state index contributed by atoms with van der Waals surface area (Å²) in [6.07, 6.45) is 0.701. The third-order valence-corrected chi connectivity index (χ3v) is 6.31. The molecule has 2 aromatic rings. The Bertz CT molecular complexity index is 647. The van der Waals surface area contributed by atoms with Crippen molar-refractivity contribution < 1.29 is 5.11 Å². The number of benzene rings is 2. The Labute approximate surface area is 132 Å². The molecular weight excluding hydrogens is 325 g/mol. The number of nitrogens with zero attached hydrogens (tertiary/aromatic N) is 1. The van der Waals surface area contributed by atoms with Gasteiger partial charge in [-0.25, -0.2) is 0 Å². The molecule has 0 radical (unpaired) electrons. The molecule has 3 heteroatoms. The fourth-order valence-electron chi connectivity index (χ4n) is 2.50. The van der Waals surface area contributed by atoms with Gasteiger partial charge in [0.1, 0.15) is 0 Å². The van der Waals surface area contributed by atoms with E-state index in [1.54, 1.807) is 0 Å². The van der Waals surface area contributed by atoms with Gasteiger partial charge in [-0.3, -0.25) is 0 Å². The fourth-order valence-corrected chi connectivity index (χ4v) is 5.61. The summed E-state index contributed by atoms with van der Waals surface area (Å²) in [6, 6.07) is 18.9. The Kier molecular flexibility index (Phi) is 3.99. The number of rotatable bonds is 2. The van der Waals surface area contributed by atoms with Crippen LogP contribution in [0.4, 0.5) is 0 Å². The molecule has 1 N–H and O–H groups in total. The van der Waals surface area contributed by atoms with Gasteiger partial charge in [-0.1, -0.05) is 0 Å². The Balaban J connectivity index is 1.94. The quantitative estimate of drug-likeness (QED) is 0.833. The first kappa shape index (κ1) is 14.5. The average Bonchev–Trinajstić information content (AvgIpc) is 2.47. The minimum atomic E-state index is -0.972. The average molecular weight is 344 g/mol. The van der Waals surface area contributed by atoms with E-state index in [1.165, 1.54) is 11.1 Å². The van der Waals surface area contributed by atoms with Crippen molar-refractivity contribution in [3.8, 4) is 0 Å². The standard InChI is InChI=1S/C18H19NOSe/c1-13-8-10-15(11-9-13)17-19-18(2,20)12-16(21-17)14-6-4-3-5-7-14/h3-11,16,20H,12H2,1-2H3. The number of aryl methyl sites for hydroxylation is 1. The van der Waals surface area contributed by atoms with E-state index in [2.05, 4.69) is 60.4 Å². The normalized spacial score (nSPS) is 25.5. The van der Waals surface area contributed by atoms with Gasteiger partial charge in [0.15, 0.2) is 0 Å². The third kappa shape index (κ3) is 3.44. The van der Waals surface area contributed by atoms with Crippen LogP contribution >= 0.6 is 0 Å². The Morgan fingerprint density at radius 1 is 1.10 bits per heavy atom. The van der Waals surface area contributed by atoms with Crippen LogP contribution in [0.3, 0.4) is 0 Å². The zero-order valence-electron chi connectivity index (χ0n) is 12.3. The Morgan fingerprint density at radius 2 is 1.76 bits per heavy atom. The predicted octanol–water partition coefficient (Wildman–Crippen LogP) is 3.30. The van der Waals surface area contributed by atoms with Crippen molar-refractivity contribution in [2.24, 2.45) is 4.99 Å². The van der Waals surface area contributed by atoms with Gasteiger partial charge >= 0.3 is 132 Å². The molecule has 2 nitrogen and oxygen atoms in total. The molecule has 1 aliphatic rings. The van der Waals surface area contributed by atoms with E-state index in [1.807, 2.05) is 13.0 Å². The van der Waals surface area contributed by atoms with Crippen LogP contribution in [0.5, 0.6) is 0 Å². The molecule has 0 saturated heterocycles. The molecule has 0 amide bonds. The van der Waals surface area contributed by atoms with Gasteiger partial charge in [-0.15, -0.1) is 0 Å². The third-order valence-electron chi connectivity index (χ3n) is 3.64. The first-order chi connectivity index (χ1) is 10.0. The van der Waals surface area contributed by atoms with Crippen LogP contribution in [0, 0.1) is 6.92 Å². The summed E-state index contributed by atoms with van der Waals surface area (Å²) >= 11 is 0.235. The van der Waals surface area contributed by atoms with Crippen LogP contribution in [0.15, 0.2) is 59.6 Å². The van der Waals surface area contributed by atoms with Gasteiger partial charge in [0.2, 0.25) is 0 Å². The molecule has 0 spiro atoms. The minimum absolute atomic E-state index is 0.235. The van der Waals surface area contributed by atoms with Gasteiger partial charge in [-0.2, -0.15) is 0 Å². The first-order valence-corrected chi connectivity index (χ1v) is 8.99. The molecule has 108 valence electrons. The van der Waals surface area contributed by atoms with Gasteiger partial charge in [0.25, 0.3) is 0 Å². The Hall–Kier alpha value is -1.41. The van der Waals surface area contributed by atoms with Crippen molar-refractivity contribution in [2.45, 2.75) is 30.8 Å². The van der Waals surface area contributed by atoms with E-state index in [0.29, 0.717) is 11.2 Å². The summed E-state index contributed by atoms with van der Waals surface area (Å²) in [5.41, 5.74) is 2.72. The number of aliphatic hydroxyl groups is 1. The van der Waals surface area contributed by atoms with E-state index in [-0.39, 0.29) is 15.0 Å². The molecule has 0 aliphatic carbocycles. The molecule has 0 aromatic heterocycles. The van der Waals surface area contributed by atoms with Crippen molar-refractivity contribution in [1.82, 2.24) is 0 Å². The van der Waals surface area contributed by atoms with E-state index < -0.39 is 5.72 Å². The van der Waals surface area contributed by atoms with Crippen molar-refractivity contribution in [3.05, 3.63) is 71.3 Å². The van der Waals surface area contributed by atoms with Crippen molar-refractivity contribution in [3.63, 3.8) is 0 Å². The molecule has 3 rings (SSSR count). The molecule has 2 aromatic carbocycles. The maximum absolute atomic E-state index is 10.5. The van der Waals surface area contributed by atoms with Gasteiger partial charge in [-0.05, 0) is 0 Å². The molecule has 0 bridgehead atoms. The summed E-state index contributed by atoms with van der Waals surface area (Å²) in [6.45, 7) is 3.90. The summed E-state index contributed by atoms with van der Waals surface area (Å²) in [5, 5.41) is 10.5. The van der Waals surface area contributed by atoms with E-state index in [0.717, 1.165) is 10.2 Å². The van der Waals surface area contributed by atoms with Crippen molar-refractivity contribution >= 4 is 19.6 Å². The van der Waals surface area contributed by atoms with Crippen LogP contribution in [0.1, 0.15) is 34.9 Å². The van der Waals surface area contributed by atoms with Crippen LogP contribution in [0.2, 0.25) is 0 Å². The topological polar surface area (TPSA) is 32.6 Å². The zero-order chi connectivity index (χ0) is 14.9. The second kappa shape index (κ2) is 5.76. The molecule has 21 heavy (non-hydrogen) atoms. The maximum atomic E-state index is 10.5. The monoisotopic (exact) mass is 345 g/mol. The fraction of sp³-hybridized carbons (Fsp3) is 0.278. The number of hydrogen-bond acceptors (Lipinski definition) is 2. The number of hydrogen-bond donors (Lipinski definition) is 1. The molecule has 2 atom stereocenters. The summed E-state index contributed by atoms with van der Waals surface area (Å²) in [4.78, 5) is 4.97. The van der Waals surface area contributed by atoms with E-state index in [9.17, 15) is 5.11 Å². The molecule has 0 saturated carbocycles. The predicted molar refractivity (Wildman–Crippen MR) is 87.9 cm³/mol. The summed E-state index contributed by atoms with van der Waals surface area (Å²) in [5.74, 6) is 0. The summed E-state index contributed by atoms with van der Waals surface area (Å²) in [7, 11) is 0. The Morgan fingerprint density at radius 3 is 2.43 bits per heavy atom. The van der Waals surface area contributed by atoms with Crippen molar-refractivity contribution in [2.75, 3.05) is 0 Å². The number of aliphatic imine (C=N–C) groups is 1. The van der Waals surface area contributed by atoms with Gasteiger partial charge in [0.05, 0.1) is 0 Å². The van der Waals surface area contributed by atoms with E-state index in [4.69, 9.17) is 0 Å². The molecule has 1 aliphatic heterocycles. The second-order valence-electron chi connectivity index (χ2n) is 5.72. The summed E-state index contributed by atoms with van der Waals surface area (Å²) < 4.78 is 1.06. The SMILES string of the molecule is Cc1ccc(C2=NC(C)(O)CC(c3ccccc3)[Se]2)cc1. The zero-order valence-corrected chi connectivity index (χ0v) is 14.0. The molecule has 0 fully saturated rings. The van der Waals surface area contributed by atoms with Crippen LogP contribution in [-0.2, 0) is 0 Å². The molecule has 1 heterocycles. The van der Waals surface area contributed by atoms with Crippen LogP contribution in [0.25, 0.3) is 0 Å². The van der Waals surface area contributed by atoms with Gasteiger partial charge < -0.3 is 0 Å². The molecule has 2 unspecified atom stereocenters. The van der Waals surface area contributed by atoms with Crippen LogP contribution < -0.4 is 0 Å². The second-order valence-corrected chi connectivity index (χ2v) is 8.22. The molecular formula is C18H19NOSe. The van der Waals surface area contributed by atoms with Crippen LogP contribution in [-0.4, -0.2) is 30.4 Å². The first-order valence-electron chi connectivity index (χ1n) is 7.14.